The van der Waals surface area contributed by atoms with Crippen molar-refractivity contribution >= 4 is 16.8 Å². The molecule has 29 heavy (non-hydrogen) atoms. The van der Waals surface area contributed by atoms with Gasteiger partial charge >= 0.3 is 6.18 Å². The number of benzene rings is 2. The molecular weight excluding hydrogens is 388 g/mol. The minimum atomic E-state index is -4.85. The van der Waals surface area contributed by atoms with Crippen LogP contribution in [-0.2, 0) is 17.5 Å². The predicted molar refractivity (Wildman–Crippen MR) is 101 cm³/mol. The van der Waals surface area contributed by atoms with Gasteiger partial charge in [0.05, 0.1) is 11.4 Å². The number of carbonyl (C=O) groups excluding carboxylic acids is 1. The summed E-state index contributed by atoms with van der Waals surface area (Å²) in [4.78, 5) is 24.4. The van der Waals surface area contributed by atoms with E-state index in [2.05, 4.69) is 5.32 Å². The molecule has 1 heterocycles. The Kier molecular flexibility index (Phi) is 5.72. The zero-order chi connectivity index (χ0) is 21.2. The average molecular weight is 406 g/mol. The summed E-state index contributed by atoms with van der Waals surface area (Å²) in [7, 11) is 0. The highest BCUT2D eigenvalue weighted by Crippen LogP contribution is 2.31. The van der Waals surface area contributed by atoms with Crippen LogP contribution in [0.15, 0.2) is 59.4 Å². The topological polar surface area (TPSA) is 51.1 Å². The number of nitrogens with one attached hydrogen (secondary N) is 1. The van der Waals surface area contributed by atoms with Gasteiger partial charge in [0.15, 0.2) is 5.43 Å². The van der Waals surface area contributed by atoms with E-state index in [9.17, 15) is 27.2 Å². The number of alkyl halides is 3. The van der Waals surface area contributed by atoms with Crippen molar-refractivity contribution in [3.05, 3.63) is 81.9 Å². The summed E-state index contributed by atoms with van der Waals surface area (Å²) < 4.78 is 55.4. The molecule has 0 fully saturated rings. The zero-order valence-corrected chi connectivity index (χ0v) is 15.5. The quantitative estimate of drug-likeness (QED) is 0.650. The van der Waals surface area contributed by atoms with Crippen molar-refractivity contribution in [1.29, 1.82) is 0 Å². The number of hydrogen-bond donors (Lipinski definition) is 1. The maximum absolute atomic E-state index is 14.3. The first-order chi connectivity index (χ1) is 13.7. The van der Waals surface area contributed by atoms with Crippen LogP contribution in [0, 0.1) is 5.82 Å². The van der Waals surface area contributed by atoms with Gasteiger partial charge in [0, 0.05) is 24.5 Å². The number of para-hydroxylation sites is 1. The Hall–Kier alpha value is -3.16. The molecule has 4 nitrogen and oxygen atoms in total. The van der Waals surface area contributed by atoms with Gasteiger partial charge in [-0.25, -0.2) is 4.39 Å². The van der Waals surface area contributed by atoms with Gasteiger partial charge in [0.2, 0.25) is 5.91 Å². The average Bonchev–Trinajstić information content (AvgIpc) is 2.69. The summed E-state index contributed by atoms with van der Waals surface area (Å²) in [5, 5.41) is 2.43. The number of pyridine rings is 1. The lowest BCUT2D eigenvalue weighted by Crippen LogP contribution is -2.32. The van der Waals surface area contributed by atoms with Crippen LogP contribution in [0.25, 0.3) is 10.9 Å². The van der Waals surface area contributed by atoms with E-state index >= 15 is 0 Å². The summed E-state index contributed by atoms with van der Waals surface area (Å²) in [5.41, 5.74) is -1.84. The van der Waals surface area contributed by atoms with Crippen molar-refractivity contribution in [1.82, 2.24) is 9.88 Å². The van der Waals surface area contributed by atoms with E-state index < -0.39 is 34.6 Å². The SMILES string of the molecule is C[C@@H](C(=O)NCCn1c(C(F)(F)F)cc(=O)c2cccc(F)c21)c1ccccc1. The minimum Gasteiger partial charge on any atom is -0.354 e. The molecule has 1 N–H and O–H groups in total. The fraction of sp³-hybridized carbons (Fsp3) is 0.238. The molecule has 0 unspecified atom stereocenters. The summed E-state index contributed by atoms with van der Waals surface area (Å²) >= 11 is 0. The smallest absolute Gasteiger partial charge is 0.354 e. The van der Waals surface area contributed by atoms with Crippen molar-refractivity contribution in [3.63, 3.8) is 0 Å². The van der Waals surface area contributed by atoms with Gasteiger partial charge in [-0.2, -0.15) is 13.2 Å². The largest absolute Gasteiger partial charge is 0.431 e. The van der Waals surface area contributed by atoms with Crippen LogP contribution in [0.3, 0.4) is 0 Å². The maximum atomic E-state index is 14.3. The molecule has 0 saturated heterocycles. The summed E-state index contributed by atoms with van der Waals surface area (Å²) in [5.74, 6) is -1.80. The minimum absolute atomic E-state index is 0.151. The molecule has 3 rings (SSSR count). The van der Waals surface area contributed by atoms with E-state index in [0.29, 0.717) is 10.6 Å². The molecule has 1 atom stereocenters. The van der Waals surface area contributed by atoms with Crippen LogP contribution in [0.2, 0.25) is 0 Å². The Morgan fingerprint density at radius 3 is 2.45 bits per heavy atom. The van der Waals surface area contributed by atoms with Crippen molar-refractivity contribution in [2.45, 2.75) is 25.6 Å². The third-order valence-corrected chi connectivity index (χ3v) is 4.70. The number of fused-ring (bicyclic) bond motifs is 1. The number of hydrogen-bond acceptors (Lipinski definition) is 2. The van der Waals surface area contributed by atoms with Gasteiger partial charge in [0.25, 0.3) is 0 Å². The van der Waals surface area contributed by atoms with Gasteiger partial charge in [-0.3, -0.25) is 9.59 Å². The van der Waals surface area contributed by atoms with Crippen molar-refractivity contribution in [2.24, 2.45) is 0 Å². The standard InChI is InChI=1S/C21H18F4N2O2/c1-13(14-6-3-2-4-7-14)20(29)26-10-11-27-18(21(23,24)25)12-17(28)15-8-5-9-16(22)19(15)27/h2-9,12-13H,10-11H2,1H3,(H,26,29)/t13-/m1/s1. The van der Waals surface area contributed by atoms with Crippen LogP contribution in [0.4, 0.5) is 17.6 Å². The van der Waals surface area contributed by atoms with Crippen molar-refractivity contribution in [2.75, 3.05) is 6.54 Å². The molecular formula is C21H18F4N2O2. The molecule has 1 amide bonds. The maximum Gasteiger partial charge on any atom is 0.431 e. The lowest BCUT2D eigenvalue weighted by molar-refractivity contribution is -0.143. The van der Waals surface area contributed by atoms with E-state index in [1.807, 2.05) is 6.07 Å². The highest BCUT2D eigenvalue weighted by atomic mass is 19.4. The normalized spacial score (nSPS) is 12.7. The fourth-order valence-corrected chi connectivity index (χ4v) is 3.19. The third-order valence-electron chi connectivity index (χ3n) is 4.70. The summed E-state index contributed by atoms with van der Waals surface area (Å²) in [6.45, 7) is 1.17. The predicted octanol–water partition coefficient (Wildman–Crippen LogP) is 4.08. The fourth-order valence-electron chi connectivity index (χ4n) is 3.19. The molecule has 1 aromatic heterocycles. The molecule has 0 bridgehead atoms. The first-order valence-corrected chi connectivity index (χ1v) is 8.92. The van der Waals surface area contributed by atoms with Gasteiger partial charge in [0.1, 0.15) is 11.5 Å². The van der Waals surface area contributed by atoms with Gasteiger partial charge < -0.3 is 9.88 Å². The highest BCUT2D eigenvalue weighted by Gasteiger charge is 2.35. The lowest BCUT2D eigenvalue weighted by atomic mass is 10.0. The Morgan fingerprint density at radius 1 is 1.10 bits per heavy atom. The van der Waals surface area contributed by atoms with Crippen molar-refractivity contribution < 1.29 is 22.4 Å². The zero-order valence-electron chi connectivity index (χ0n) is 15.5. The van der Waals surface area contributed by atoms with Gasteiger partial charge in [-0.05, 0) is 24.6 Å². The summed E-state index contributed by atoms with van der Waals surface area (Å²) in [6, 6.07) is 12.9. The first-order valence-electron chi connectivity index (χ1n) is 8.92. The van der Waals surface area contributed by atoms with Crippen LogP contribution in [0.5, 0.6) is 0 Å². The molecule has 0 saturated carbocycles. The van der Waals surface area contributed by atoms with Gasteiger partial charge in [-0.1, -0.05) is 36.4 Å². The van der Waals surface area contributed by atoms with Crippen LogP contribution in [0.1, 0.15) is 24.1 Å². The number of rotatable bonds is 5. The number of aromatic nitrogens is 1. The summed E-state index contributed by atoms with van der Waals surface area (Å²) in [6.07, 6.45) is -4.85. The number of nitrogens with zero attached hydrogens (tertiary/aromatic N) is 1. The second-order valence-corrected chi connectivity index (χ2v) is 6.60. The molecule has 3 aromatic rings. The molecule has 0 aliphatic heterocycles. The Labute approximate surface area is 163 Å². The van der Waals surface area contributed by atoms with Crippen molar-refractivity contribution in [3.8, 4) is 0 Å². The molecule has 0 aliphatic rings. The molecule has 0 spiro atoms. The second-order valence-electron chi connectivity index (χ2n) is 6.60. The molecule has 0 aliphatic carbocycles. The van der Waals surface area contributed by atoms with E-state index in [-0.39, 0.29) is 24.4 Å². The third kappa shape index (κ3) is 4.31. The van der Waals surface area contributed by atoms with E-state index in [1.165, 1.54) is 12.1 Å². The number of amides is 1. The van der Waals surface area contributed by atoms with E-state index in [0.717, 1.165) is 11.6 Å². The van der Waals surface area contributed by atoms with Crippen LogP contribution >= 0.6 is 0 Å². The lowest BCUT2D eigenvalue weighted by Gasteiger charge is -2.20. The number of halogens is 4. The second kappa shape index (κ2) is 8.06. The Bertz CT molecular complexity index is 1090. The monoisotopic (exact) mass is 406 g/mol. The Balaban J connectivity index is 1.89. The van der Waals surface area contributed by atoms with Crippen LogP contribution in [-0.4, -0.2) is 17.0 Å². The van der Waals surface area contributed by atoms with Gasteiger partial charge in [-0.15, -0.1) is 0 Å². The van der Waals surface area contributed by atoms with Crippen LogP contribution < -0.4 is 10.7 Å². The molecule has 2 aromatic carbocycles. The van der Waals surface area contributed by atoms with E-state index in [4.69, 9.17) is 0 Å². The highest BCUT2D eigenvalue weighted by molar-refractivity contribution is 5.83. The molecule has 0 radical (unpaired) electrons. The molecule has 152 valence electrons. The number of carbonyl (C=O) groups is 1. The molecule has 8 heteroatoms. The Morgan fingerprint density at radius 2 is 1.79 bits per heavy atom. The first kappa shape index (κ1) is 20.6. The van der Waals surface area contributed by atoms with E-state index in [1.54, 1.807) is 31.2 Å².